The van der Waals surface area contributed by atoms with E-state index in [0.29, 0.717) is 6.07 Å². The maximum atomic E-state index is 13.0. The van der Waals surface area contributed by atoms with Gasteiger partial charge in [0.2, 0.25) is 12.2 Å². The predicted octanol–water partition coefficient (Wildman–Crippen LogP) is 4.43. The van der Waals surface area contributed by atoms with Gasteiger partial charge in [0.15, 0.2) is 0 Å². The quantitative estimate of drug-likeness (QED) is 0.127. The third-order valence-corrected chi connectivity index (χ3v) is 5.60. The van der Waals surface area contributed by atoms with Gasteiger partial charge >= 0.3 is 23.9 Å². The van der Waals surface area contributed by atoms with Crippen LogP contribution in [0.15, 0.2) is 72.8 Å². The van der Waals surface area contributed by atoms with Crippen molar-refractivity contribution < 1.29 is 48.0 Å². The molecule has 0 saturated carbocycles. The van der Waals surface area contributed by atoms with Crippen molar-refractivity contribution in [3.05, 3.63) is 115 Å². The first-order chi connectivity index (χ1) is 20.1. The van der Waals surface area contributed by atoms with Gasteiger partial charge in [-0.2, -0.15) is 0 Å². The maximum absolute atomic E-state index is 13.0. The topological polar surface area (TPSA) is 191 Å². The maximum Gasteiger partial charge on any atom is 0.352 e. The number of hydrogen-bond acceptors (Lipinski definition) is 12. The molecule has 0 radical (unpaired) electrons. The standard InChI is InChI=1S/C28H24N2O12/c1-3-39-27(33)23(41-25(31)17-11-7-5-8-12-17)19-15-20(22(30(37)38)16-21(19)29(35)36)24(28(34)40-4-2)42-26(32)18-13-9-6-10-14-18/h5-16,23-24H,3-4H2,1-2H3. The van der Waals surface area contributed by atoms with E-state index >= 15 is 0 Å². The second-order valence-electron chi connectivity index (χ2n) is 8.29. The van der Waals surface area contributed by atoms with E-state index < -0.39 is 68.4 Å². The van der Waals surface area contributed by atoms with Crippen LogP contribution >= 0.6 is 0 Å². The molecule has 218 valence electrons. The van der Waals surface area contributed by atoms with Crippen molar-refractivity contribution in [2.75, 3.05) is 13.2 Å². The number of esters is 4. The fourth-order valence-corrected chi connectivity index (χ4v) is 3.76. The van der Waals surface area contributed by atoms with Crippen molar-refractivity contribution in [3.8, 4) is 0 Å². The van der Waals surface area contributed by atoms with Crippen molar-refractivity contribution in [1.82, 2.24) is 0 Å². The lowest BCUT2D eigenvalue weighted by molar-refractivity contribution is -0.395. The molecule has 0 aromatic heterocycles. The molecule has 14 heteroatoms. The molecule has 3 aromatic rings. The molecule has 0 N–H and O–H groups in total. The van der Waals surface area contributed by atoms with Crippen molar-refractivity contribution >= 4 is 35.3 Å². The summed E-state index contributed by atoms with van der Waals surface area (Å²) in [6.07, 6.45) is -4.21. The lowest BCUT2D eigenvalue weighted by atomic mass is 9.98. The van der Waals surface area contributed by atoms with Gasteiger partial charge in [-0.25, -0.2) is 19.2 Å². The summed E-state index contributed by atoms with van der Waals surface area (Å²) >= 11 is 0. The first-order valence-corrected chi connectivity index (χ1v) is 12.4. The number of ether oxygens (including phenoxy) is 4. The Labute approximate surface area is 238 Å². The molecule has 0 heterocycles. The van der Waals surface area contributed by atoms with Crippen LogP contribution in [-0.2, 0) is 28.5 Å². The van der Waals surface area contributed by atoms with Crippen LogP contribution in [0.4, 0.5) is 11.4 Å². The van der Waals surface area contributed by atoms with E-state index in [1.165, 1.54) is 62.4 Å². The fraction of sp³-hybridized carbons (Fsp3) is 0.214. The summed E-state index contributed by atoms with van der Waals surface area (Å²) in [7, 11) is 0. The minimum Gasteiger partial charge on any atom is -0.463 e. The lowest BCUT2D eigenvalue weighted by Gasteiger charge is -2.20. The van der Waals surface area contributed by atoms with Crippen LogP contribution in [0.2, 0.25) is 0 Å². The molecule has 3 rings (SSSR count). The molecule has 0 saturated heterocycles. The van der Waals surface area contributed by atoms with Crippen LogP contribution in [0.1, 0.15) is 57.9 Å². The second-order valence-corrected chi connectivity index (χ2v) is 8.29. The van der Waals surface area contributed by atoms with Gasteiger partial charge in [0.1, 0.15) is 0 Å². The molecule has 0 aliphatic rings. The van der Waals surface area contributed by atoms with Crippen molar-refractivity contribution in [1.29, 1.82) is 0 Å². The number of nitrogens with zero attached hydrogens (tertiary/aromatic N) is 2. The van der Waals surface area contributed by atoms with E-state index in [1.807, 2.05) is 0 Å². The largest absolute Gasteiger partial charge is 0.463 e. The minimum atomic E-state index is -2.11. The summed E-state index contributed by atoms with van der Waals surface area (Å²) < 4.78 is 20.6. The Bertz CT molecular complexity index is 1380. The molecule has 0 fully saturated rings. The molecule has 2 unspecified atom stereocenters. The van der Waals surface area contributed by atoms with Gasteiger partial charge in [-0.1, -0.05) is 36.4 Å². The van der Waals surface area contributed by atoms with Crippen LogP contribution in [0.3, 0.4) is 0 Å². The Morgan fingerprint density at radius 1 is 0.643 bits per heavy atom. The molecule has 3 aromatic carbocycles. The molecule has 42 heavy (non-hydrogen) atoms. The first-order valence-electron chi connectivity index (χ1n) is 12.4. The molecular weight excluding hydrogens is 556 g/mol. The van der Waals surface area contributed by atoms with E-state index in [-0.39, 0.29) is 24.3 Å². The molecule has 0 aliphatic carbocycles. The molecule has 0 bridgehead atoms. The third-order valence-electron chi connectivity index (χ3n) is 5.60. The molecule has 14 nitrogen and oxygen atoms in total. The first kappa shape index (κ1) is 30.9. The molecule has 0 aliphatic heterocycles. The zero-order chi connectivity index (χ0) is 30.8. The monoisotopic (exact) mass is 580 g/mol. The number of carbonyl (C=O) groups is 4. The van der Waals surface area contributed by atoms with Crippen LogP contribution in [-0.4, -0.2) is 46.9 Å². The van der Waals surface area contributed by atoms with Crippen LogP contribution in [0.25, 0.3) is 0 Å². The Morgan fingerprint density at radius 2 is 1.00 bits per heavy atom. The highest BCUT2D eigenvalue weighted by molar-refractivity contribution is 5.93. The Morgan fingerprint density at radius 3 is 1.31 bits per heavy atom. The Kier molecular flexibility index (Phi) is 10.4. The van der Waals surface area contributed by atoms with Gasteiger partial charge in [0.25, 0.3) is 11.4 Å². The number of benzene rings is 3. The average molecular weight is 581 g/mol. The van der Waals surface area contributed by atoms with Gasteiger partial charge in [-0.3, -0.25) is 20.2 Å². The van der Waals surface area contributed by atoms with Gasteiger partial charge < -0.3 is 18.9 Å². The second kappa shape index (κ2) is 14.1. The smallest absolute Gasteiger partial charge is 0.352 e. The molecule has 2 atom stereocenters. The summed E-state index contributed by atoms with van der Waals surface area (Å²) in [4.78, 5) is 73.6. The summed E-state index contributed by atoms with van der Waals surface area (Å²) in [5, 5.41) is 24.1. The lowest BCUT2D eigenvalue weighted by Crippen LogP contribution is -2.26. The zero-order valence-electron chi connectivity index (χ0n) is 22.3. The number of carbonyl (C=O) groups excluding carboxylic acids is 4. The summed E-state index contributed by atoms with van der Waals surface area (Å²) in [5.74, 6) is -4.61. The van der Waals surface area contributed by atoms with Crippen LogP contribution in [0, 0.1) is 20.2 Å². The van der Waals surface area contributed by atoms with E-state index in [0.717, 1.165) is 6.07 Å². The highest BCUT2D eigenvalue weighted by Gasteiger charge is 2.40. The number of hydrogen-bond donors (Lipinski definition) is 0. The number of nitro benzene ring substituents is 2. The van der Waals surface area contributed by atoms with E-state index in [9.17, 15) is 39.4 Å². The average Bonchev–Trinajstić information content (AvgIpc) is 2.98. The summed E-state index contributed by atoms with van der Waals surface area (Å²) in [5.41, 5.74) is -3.37. The van der Waals surface area contributed by atoms with Gasteiger partial charge in [-0.05, 0) is 44.2 Å². The van der Waals surface area contributed by atoms with E-state index in [4.69, 9.17) is 18.9 Å². The molecular formula is C28H24N2O12. The zero-order valence-corrected chi connectivity index (χ0v) is 22.3. The predicted molar refractivity (Wildman–Crippen MR) is 142 cm³/mol. The highest BCUT2D eigenvalue weighted by Crippen LogP contribution is 2.39. The molecule has 0 amide bonds. The van der Waals surface area contributed by atoms with Crippen LogP contribution in [0.5, 0.6) is 0 Å². The van der Waals surface area contributed by atoms with Crippen molar-refractivity contribution in [3.63, 3.8) is 0 Å². The SMILES string of the molecule is CCOC(=O)C(OC(=O)c1ccccc1)c1cc(C(OC(=O)c2ccccc2)C(=O)OCC)c([N+](=O)[O-])cc1[N+](=O)[O-]. The van der Waals surface area contributed by atoms with Gasteiger partial charge in [0.05, 0.1) is 51.4 Å². The summed E-state index contributed by atoms with van der Waals surface area (Å²) in [6, 6.07) is 15.9. The summed E-state index contributed by atoms with van der Waals surface area (Å²) in [6.45, 7) is 2.44. The Balaban J connectivity index is 2.24. The van der Waals surface area contributed by atoms with E-state index in [2.05, 4.69) is 0 Å². The van der Waals surface area contributed by atoms with Crippen molar-refractivity contribution in [2.24, 2.45) is 0 Å². The normalized spacial score (nSPS) is 11.9. The third kappa shape index (κ3) is 7.29. The van der Waals surface area contributed by atoms with E-state index in [1.54, 1.807) is 12.1 Å². The van der Waals surface area contributed by atoms with Gasteiger partial charge in [0, 0.05) is 0 Å². The molecule has 0 spiro atoms. The number of rotatable bonds is 12. The van der Waals surface area contributed by atoms with Crippen LogP contribution < -0.4 is 0 Å². The van der Waals surface area contributed by atoms with Crippen molar-refractivity contribution in [2.45, 2.75) is 26.1 Å². The highest BCUT2D eigenvalue weighted by atomic mass is 16.6. The Hall–Kier alpha value is -5.66. The minimum absolute atomic E-state index is 0.0159. The fourth-order valence-electron chi connectivity index (χ4n) is 3.76. The van der Waals surface area contributed by atoms with Gasteiger partial charge in [-0.15, -0.1) is 0 Å². The number of nitro groups is 2.